The Hall–Kier alpha value is -2.50. The minimum atomic E-state index is -0.472. The molecule has 1 aromatic carbocycles. The van der Waals surface area contributed by atoms with Gasteiger partial charge in [-0.2, -0.15) is 0 Å². The van der Waals surface area contributed by atoms with Crippen molar-refractivity contribution < 1.29 is 14.3 Å². The smallest absolute Gasteiger partial charge is 0.410 e. The summed E-state index contributed by atoms with van der Waals surface area (Å²) in [6.07, 6.45) is 3.45. The minimum Gasteiger partial charge on any atom is -0.439 e. The number of hydrogen-bond acceptors (Lipinski definition) is 3. The van der Waals surface area contributed by atoms with Gasteiger partial charge in [0.25, 0.3) is 5.91 Å². The molecular formula is C17H23N3O3. The van der Waals surface area contributed by atoms with E-state index in [0.29, 0.717) is 6.54 Å². The summed E-state index contributed by atoms with van der Waals surface area (Å²) in [4.78, 5) is 24.2. The van der Waals surface area contributed by atoms with Gasteiger partial charge in [0.05, 0.1) is 0 Å². The maximum Gasteiger partial charge on any atom is 0.410 e. The molecule has 0 atom stereocenters. The number of aryl methyl sites for hydroxylation is 1. The van der Waals surface area contributed by atoms with Crippen molar-refractivity contribution in [3.05, 3.63) is 36.5 Å². The largest absolute Gasteiger partial charge is 0.439 e. The molecule has 1 N–H and O–H groups in total. The molecule has 124 valence electrons. The summed E-state index contributed by atoms with van der Waals surface area (Å²) in [5.41, 5.74) is 1.23. The van der Waals surface area contributed by atoms with Crippen LogP contribution < -0.4 is 5.32 Å². The van der Waals surface area contributed by atoms with Gasteiger partial charge in [-0.15, -0.1) is 0 Å². The second-order valence-electron chi connectivity index (χ2n) is 5.42. The van der Waals surface area contributed by atoms with Gasteiger partial charge in [0.1, 0.15) is 0 Å². The maximum atomic E-state index is 11.7. The van der Waals surface area contributed by atoms with Crippen LogP contribution in [0.25, 0.3) is 10.9 Å². The molecule has 2 rings (SSSR count). The average Bonchev–Trinajstić information content (AvgIpc) is 2.99. The molecule has 0 aliphatic rings. The van der Waals surface area contributed by atoms with Gasteiger partial charge in [0.15, 0.2) is 6.61 Å². The van der Waals surface area contributed by atoms with Crippen molar-refractivity contribution in [1.82, 2.24) is 14.8 Å². The first kappa shape index (κ1) is 16.9. The highest BCUT2D eigenvalue weighted by Crippen LogP contribution is 2.15. The van der Waals surface area contributed by atoms with Crippen molar-refractivity contribution >= 4 is 22.9 Å². The predicted molar refractivity (Wildman–Crippen MR) is 89.2 cm³/mol. The number of carbonyl (C=O) groups excluding carboxylic acids is 2. The lowest BCUT2D eigenvalue weighted by molar-refractivity contribution is -0.123. The lowest BCUT2D eigenvalue weighted by Crippen LogP contribution is -2.32. The van der Waals surface area contributed by atoms with E-state index in [1.807, 2.05) is 12.1 Å². The van der Waals surface area contributed by atoms with Crippen LogP contribution in [0.3, 0.4) is 0 Å². The topological polar surface area (TPSA) is 63.6 Å². The highest BCUT2D eigenvalue weighted by molar-refractivity contribution is 5.80. The SMILES string of the molecule is CNC(=O)COC(=O)N(C)CCCCn1ccc2ccccc21. The number of rotatable bonds is 7. The van der Waals surface area contributed by atoms with E-state index in [1.54, 1.807) is 7.05 Å². The molecule has 0 unspecified atom stereocenters. The number of carbonyl (C=O) groups is 2. The first-order valence-electron chi connectivity index (χ1n) is 7.74. The molecule has 0 bridgehead atoms. The van der Waals surface area contributed by atoms with Gasteiger partial charge in [0, 0.05) is 38.9 Å². The molecule has 0 saturated carbocycles. The maximum absolute atomic E-state index is 11.7. The summed E-state index contributed by atoms with van der Waals surface area (Å²) in [7, 11) is 3.18. The van der Waals surface area contributed by atoms with Crippen LogP contribution in [0.15, 0.2) is 36.5 Å². The van der Waals surface area contributed by atoms with Gasteiger partial charge in [-0.1, -0.05) is 18.2 Å². The predicted octanol–water partition coefficient (Wildman–Crippen LogP) is 2.24. The molecule has 6 heteroatoms. The molecule has 0 aliphatic carbocycles. The fourth-order valence-corrected chi connectivity index (χ4v) is 2.37. The van der Waals surface area contributed by atoms with E-state index in [2.05, 4.69) is 34.3 Å². The van der Waals surface area contributed by atoms with Gasteiger partial charge < -0.3 is 19.5 Å². The van der Waals surface area contributed by atoms with Crippen molar-refractivity contribution in [3.63, 3.8) is 0 Å². The molecule has 0 spiro atoms. The standard InChI is InChI=1S/C17H23N3O3/c1-18-16(21)13-23-17(22)19(2)10-5-6-11-20-12-9-14-7-3-4-8-15(14)20/h3-4,7-9,12H,5-6,10-11,13H2,1-2H3,(H,18,21). The number of nitrogens with zero attached hydrogens (tertiary/aromatic N) is 2. The Morgan fingerprint density at radius 1 is 1.22 bits per heavy atom. The van der Waals surface area contributed by atoms with Crippen LogP contribution >= 0.6 is 0 Å². The molecule has 0 radical (unpaired) electrons. The minimum absolute atomic E-state index is 0.241. The second-order valence-corrected chi connectivity index (χ2v) is 5.42. The Morgan fingerprint density at radius 2 is 2.00 bits per heavy atom. The number of aromatic nitrogens is 1. The highest BCUT2D eigenvalue weighted by Gasteiger charge is 2.11. The van der Waals surface area contributed by atoms with Gasteiger partial charge in [-0.3, -0.25) is 4.79 Å². The van der Waals surface area contributed by atoms with E-state index in [4.69, 9.17) is 4.74 Å². The summed E-state index contributed by atoms with van der Waals surface area (Å²) in [5.74, 6) is -0.314. The van der Waals surface area contributed by atoms with Crippen LogP contribution in [0.2, 0.25) is 0 Å². The van der Waals surface area contributed by atoms with Crippen LogP contribution in [0.4, 0.5) is 4.79 Å². The molecule has 2 aromatic rings. The molecule has 0 saturated heterocycles. The quantitative estimate of drug-likeness (QED) is 0.797. The highest BCUT2D eigenvalue weighted by atomic mass is 16.6. The third kappa shape index (κ3) is 4.74. The van der Waals surface area contributed by atoms with Crippen LogP contribution in [0, 0.1) is 0 Å². The number of nitrogens with one attached hydrogen (secondary N) is 1. The van der Waals surface area contributed by atoms with E-state index in [-0.39, 0.29) is 12.5 Å². The van der Waals surface area contributed by atoms with Crippen molar-refractivity contribution in [1.29, 1.82) is 0 Å². The fraction of sp³-hybridized carbons (Fsp3) is 0.412. The van der Waals surface area contributed by atoms with E-state index in [9.17, 15) is 9.59 Å². The summed E-state index contributed by atoms with van der Waals surface area (Å²) < 4.78 is 7.11. The Bertz CT molecular complexity index is 666. The first-order valence-corrected chi connectivity index (χ1v) is 7.74. The third-order valence-corrected chi connectivity index (χ3v) is 3.74. The molecule has 0 fully saturated rings. The van der Waals surface area contributed by atoms with Crippen molar-refractivity contribution in [3.8, 4) is 0 Å². The molecule has 2 amide bonds. The van der Waals surface area contributed by atoms with Crippen LogP contribution in [-0.2, 0) is 16.1 Å². The number of para-hydroxylation sites is 1. The zero-order chi connectivity index (χ0) is 16.7. The number of ether oxygens (including phenoxy) is 1. The summed E-state index contributed by atoms with van der Waals surface area (Å²) in [6.45, 7) is 1.27. The first-order chi connectivity index (χ1) is 11.1. The number of fused-ring (bicyclic) bond motifs is 1. The second kappa shape index (κ2) is 8.22. The molecular weight excluding hydrogens is 294 g/mol. The normalized spacial score (nSPS) is 10.5. The van der Waals surface area contributed by atoms with E-state index >= 15 is 0 Å². The van der Waals surface area contributed by atoms with Gasteiger partial charge >= 0.3 is 6.09 Å². The van der Waals surface area contributed by atoms with Crippen molar-refractivity contribution in [2.24, 2.45) is 0 Å². The summed E-state index contributed by atoms with van der Waals surface area (Å²) >= 11 is 0. The van der Waals surface area contributed by atoms with E-state index in [1.165, 1.54) is 22.9 Å². The summed E-state index contributed by atoms with van der Waals surface area (Å²) in [6, 6.07) is 10.4. The van der Waals surface area contributed by atoms with Crippen LogP contribution in [0.1, 0.15) is 12.8 Å². The Labute approximate surface area is 136 Å². The number of hydrogen-bond donors (Lipinski definition) is 1. The fourth-order valence-electron chi connectivity index (χ4n) is 2.37. The van der Waals surface area contributed by atoms with Crippen LogP contribution in [-0.4, -0.2) is 48.7 Å². The molecule has 6 nitrogen and oxygen atoms in total. The lowest BCUT2D eigenvalue weighted by Gasteiger charge is -2.16. The van der Waals surface area contributed by atoms with Crippen LogP contribution in [0.5, 0.6) is 0 Å². The number of unbranched alkanes of at least 4 members (excludes halogenated alkanes) is 1. The molecule has 1 aromatic heterocycles. The number of amides is 2. The molecule has 23 heavy (non-hydrogen) atoms. The van der Waals surface area contributed by atoms with Crippen molar-refractivity contribution in [2.75, 3.05) is 27.2 Å². The average molecular weight is 317 g/mol. The molecule has 0 aliphatic heterocycles. The van der Waals surface area contributed by atoms with Gasteiger partial charge in [-0.05, 0) is 30.4 Å². The monoisotopic (exact) mass is 317 g/mol. The van der Waals surface area contributed by atoms with Crippen molar-refractivity contribution in [2.45, 2.75) is 19.4 Å². The molecule has 1 heterocycles. The zero-order valence-corrected chi connectivity index (χ0v) is 13.6. The number of benzene rings is 1. The van der Waals surface area contributed by atoms with E-state index < -0.39 is 6.09 Å². The zero-order valence-electron chi connectivity index (χ0n) is 13.6. The Morgan fingerprint density at radius 3 is 2.78 bits per heavy atom. The van der Waals surface area contributed by atoms with Gasteiger partial charge in [-0.25, -0.2) is 4.79 Å². The Kier molecular flexibility index (Phi) is 6.02. The number of likely N-dealkylation sites (N-methyl/N-ethyl adjacent to an activating group) is 1. The third-order valence-electron chi connectivity index (χ3n) is 3.74. The summed E-state index contributed by atoms with van der Waals surface area (Å²) in [5, 5.41) is 3.64. The Balaban J connectivity index is 1.70. The lowest BCUT2D eigenvalue weighted by atomic mass is 10.2. The van der Waals surface area contributed by atoms with Gasteiger partial charge in [0.2, 0.25) is 0 Å². The van der Waals surface area contributed by atoms with E-state index in [0.717, 1.165) is 19.4 Å².